The summed E-state index contributed by atoms with van der Waals surface area (Å²) in [7, 11) is 1.47. The lowest BCUT2D eigenvalue weighted by Crippen LogP contribution is -2.43. The van der Waals surface area contributed by atoms with Gasteiger partial charge in [-0.25, -0.2) is 0 Å². The molecule has 4 nitrogen and oxygen atoms in total. The summed E-state index contributed by atoms with van der Waals surface area (Å²) in [5.74, 6) is 0.567. The first-order valence-corrected chi connectivity index (χ1v) is 6.52. The van der Waals surface area contributed by atoms with E-state index < -0.39 is 0 Å². The Bertz CT molecular complexity index is 327. The van der Waals surface area contributed by atoms with Crippen LogP contribution in [0.2, 0.25) is 0 Å². The third-order valence-corrected chi connectivity index (χ3v) is 4.07. The zero-order chi connectivity index (χ0) is 12.4. The number of carbonyl (C=O) groups excluding carboxylic acids is 1. The maximum Gasteiger partial charge on any atom is 0.308 e. The molecule has 1 N–H and O–H groups in total. The van der Waals surface area contributed by atoms with Crippen molar-refractivity contribution in [2.24, 2.45) is 16.8 Å². The molecule has 1 saturated carbocycles. The van der Waals surface area contributed by atoms with E-state index in [0.29, 0.717) is 18.0 Å². The van der Waals surface area contributed by atoms with Crippen LogP contribution in [0.3, 0.4) is 0 Å². The molecule has 0 amide bonds. The number of rotatable bonds is 3. The summed E-state index contributed by atoms with van der Waals surface area (Å²) in [5.41, 5.74) is 1.20. The van der Waals surface area contributed by atoms with Gasteiger partial charge in [0.1, 0.15) is 0 Å². The zero-order valence-electron chi connectivity index (χ0n) is 10.9. The van der Waals surface area contributed by atoms with Gasteiger partial charge < -0.3 is 10.1 Å². The lowest BCUT2D eigenvalue weighted by atomic mass is 9.76. The highest BCUT2D eigenvalue weighted by molar-refractivity contribution is 5.89. The Hall–Kier alpha value is -0.900. The Balaban J connectivity index is 2.02. The van der Waals surface area contributed by atoms with Crippen LogP contribution in [0.1, 0.15) is 33.1 Å². The quantitative estimate of drug-likeness (QED) is 0.756. The van der Waals surface area contributed by atoms with Gasteiger partial charge in [-0.3, -0.25) is 9.79 Å². The topological polar surface area (TPSA) is 50.7 Å². The van der Waals surface area contributed by atoms with Gasteiger partial charge in [0.15, 0.2) is 0 Å². The zero-order valence-corrected chi connectivity index (χ0v) is 10.9. The van der Waals surface area contributed by atoms with Crippen molar-refractivity contribution in [3.05, 3.63) is 0 Å². The highest BCUT2D eigenvalue weighted by atomic mass is 16.5. The second-order valence-electron chi connectivity index (χ2n) is 5.07. The number of hydrogen-bond donors (Lipinski definition) is 1. The molecule has 0 aromatic rings. The summed E-state index contributed by atoms with van der Waals surface area (Å²) >= 11 is 0. The number of ether oxygens (including phenoxy) is 1. The number of carbonyl (C=O) groups is 1. The number of hydrogen-bond acceptors (Lipinski definition) is 4. The number of aliphatic imine (C=N–C) groups is 1. The molecule has 1 aliphatic heterocycles. The molecule has 4 atom stereocenters. The van der Waals surface area contributed by atoms with E-state index in [0.717, 1.165) is 25.8 Å². The van der Waals surface area contributed by atoms with Gasteiger partial charge in [0.25, 0.3) is 0 Å². The highest BCUT2D eigenvalue weighted by Crippen LogP contribution is 2.37. The van der Waals surface area contributed by atoms with Gasteiger partial charge in [0, 0.05) is 17.7 Å². The molecule has 1 fully saturated rings. The predicted octanol–water partition coefficient (Wildman–Crippen LogP) is 1.40. The number of esters is 1. The molecule has 0 aromatic heterocycles. The predicted molar refractivity (Wildman–Crippen MR) is 67.2 cm³/mol. The maximum absolute atomic E-state index is 11.6. The average molecular weight is 238 g/mol. The molecule has 2 rings (SSSR count). The molecule has 0 bridgehead atoms. The van der Waals surface area contributed by atoms with Crippen molar-refractivity contribution in [2.45, 2.75) is 45.2 Å². The first kappa shape index (κ1) is 12.6. The largest absolute Gasteiger partial charge is 0.469 e. The van der Waals surface area contributed by atoms with Crippen LogP contribution in [0, 0.1) is 11.8 Å². The second-order valence-corrected chi connectivity index (χ2v) is 5.07. The van der Waals surface area contributed by atoms with Crippen molar-refractivity contribution < 1.29 is 9.53 Å². The number of methoxy groups -OCH3 is 1. The molecule has 1 heterocycles. The smallest absolute Gasteiger partial charge is 0.308 e. The molecule has 1 aliphatic carbocycles. The van der Waals surface area contributed by atoms with Gasteiger partial charge in [-0.2, -0.15) is 0 Å². The molecular weight excluding hydrogens is 216 g/mol. The molecule has 0 spiro atoms. The molecule has 0 radical (unpaired) electrons. The minimum Gasteiger partial charge on any atom is -0.469 e. The number of nitrogens with one attached hydrogen (secondary N) is 1. The van der Waals surface area contributed by atoms with Crippen LogP contribution in [-0.4, -0.2) is 37.4 Å². The van der Waals surface area contributed by atoms with Crippen molar-refractivity contribution in [3.8, 4) is 0 Å². The monoisotopic (exact) mass is 238 g/mol. The molecule has 0 unspecified atom stereocenters. The Labute approximate surface area is 103 Å². The van der Waals surface area contributed by atoms with E-state index >= 15 is 0 Å². The van der Waals surface area contributed by atoms with E-state index in [1.807, 2.05) is 0 Å². The molecule has 17 heavy (non-hydrogen) atoms. The summed E-state index contributed by atoms with van der Waals surface area (Å²) in [5, 5.41) is 3.50. The van der Waals surface area contributed by atoms with Gasteiger partial charge in [-0.1, -0.05) is 6.92 Å². The summed E-state index contributed by atoms with van der Waals surface area (Å²) in [6.45, 7) is 5.20. The fourth-order valence-corrected chi connectivity index (χ4v) is 3.26. The van der Waals surface area contributed by atoms with Crippen molar-refractivity contribution in [1.29, 1.82) is 0 Å². The van der Waals surface area contributed by atoms with Crippen LogP contribution < -0.4 is 5.32 Å². The van der Waals surface area contributed by atoms with Gasteiger partial charge in [0.2, 0.25) is 0 Å². The summed E-state index contributed by atoms with van der Waals surface area (Å²) < 4.78 is 4.84. The Morgan fingerprint density at radius 3 is 2.94 bits per heavy atom. The second kappa shape index (κ2) is 5.17. The Kier molecular flexibility index (Phi) is 3.82. The third kappa shape index (κ3) is 2.37. The van der Waals surface area contributed by atoms with Crippen molar-refractivity contribution in [2.75, 3.05) is 13.7 Å². The fraction of sp³-hybridized carbons (Fsp3) is 0.846. The maximum atomic E-state index is 11.6. The van der Waals surface area contributed by atoms with Gasteiger partial charge in [-0.05, 0) is 32.7 Å². The van der Waals surface area contributed by atoms with Crippen LogP contribution >= 0.6 is 0 Å². The van der Waals surface area contributed by atoms with Gasteiger partial charge >= 0.3 is 5.97 Å². The summed E-state index contributed by atoms with van der Waals surface area (Å²) in [4.78, 5) is 16.3. The summed E-state index contributed by atoms with van der Waals surface area (Å²) in [6.07, 6.45) is 2.87. The molecule has 2 aliphatic rings. The van der Waals surface area contributed by atoms with Crippen molar-refractivity contribution >= 4 is 11.7 Å². The Morgan fingerprint density at radius 2 is 2.29 bits per heavy atom. The van der Waals surface area contributed by atoms with Gasteiger partial charge in [-0.15, -0.1) is 0 Å². The van der Waals surface area contributed by atoms with E-state index in [-0.39, 0.29) is 11.9 Å². The van der Waals surface area contributed by atoms with E-state index in [9.17, 15) is 4.79 Å². The average Bonchev–Trinajstić information content (AvgIpc) is 2.64. The van der Waals surface area contributed by atoms with Gasteiger partial charge in [0.05, 0.1) is 19.1 Å². The number of fused-ring (bicyclic) bond motifs is 1. The first-order chi connectivity index (χ1) is 8.17. The van der Waals surface area contributed by atoms with E-state index in [1.54, 1.807) is 0 Å². The first-order valence-electron chi connectivity index (χ1n) is 6.52. The minimum atomic E-state index is -0.0665. The molecule has 4 heteroatoms. The molecule has 0 aromatic carbocycles. The Morgan fingerprint density at radius 1 is 1.53 bits per heavy atom. The minimum absolute atomic E-state index is 0.0539. The third-order valence-electron chi connectivity index (χ3n) is 4.07. The van der Waals surface area contributed by atoms with Crippen LogP contribution in [0.25, 0.3) is 0 Å². The van der Waals surface area contributed by atoms with Crippen LogP contribution in [-0.2, 0) is 9.53 Å². The SMILES string of the molecule is CCN[C@H]1C(C)=N[C@H]2C[C@@H](C(=O)OC)CC[C@@H]21. The number of nitrogens with zero attached hydrogens (tertiary/aromatic N) is 1. The van der Waals surface area contributed by atoms with E-state index in [1.165, 1.54) is 12.8 Å². The van der Waals surface area contributed by atoms with E-state index in [2.05, 4.69) is 19.2 Å². The van der Waals surface area contributed by atoms with Crippen LogP contribution in [0.4, 0.5) is 0 Å². The van der Waals surface area contributed by atoms with E-state index in [4.69, 9.17) is 9.73 Å². The summed E-state index contributed by atoms with van der Waals surface area (Å²) in [6, 6.07) is 0.737. The lowest BCUT2D eigenvalue weighted by Gasteiger charge is -2.32. The van der Waals surface area contributed by atoms with Crippen molar-refractivity contribution in [1.82, 2.24) is 5.32 Å². The molecule has 96 valence electrons. The standard InChI is InChI=1S/C13H22N2O2/c1-4-14-12-8(2)15-11-7-9(13(16)17-3)5-6-10(11)12/h9-12,14H,4-7H2,1-3H3/t9-,10-,11-,12-/m0/s1. The molecular formula is C13H22N2O2. The highest BCUT2D eigenvalue weighted by Gasteiger charge is 2.42. The van der Waals surface area contributed by atoms with Crippen molar-refractivity contribution in [3.63, 3.8) is 0 Å². The normalized spacial score (nSPS) is 36.3. The van der Waals surface area contributed by atoms with Crippen LogP contribution in [0.15, 0.2) is 4.99 Å². The fourth-order valence-electron chi connectivity index (χ4n) is 3.26. The molecule has 0 saturated heterocycles. The van der Waals surface area contributed by atoms with Crippen LogP contribution in [0.5, 0.6) is 0 Å². The lowest BCUT2D eigenvalue weighted by molar-refractivity contribution is -0.147.